The molecule has 33 heavy (non-hydrogen) atoms. The van der Waals surface area contributed by atoms with Gasteiger partial charge in [-0.25, -0.2) is 4.72 Å². The molecule has 1 aromatic heterocycles. The molecule has 0 saturated carbocycles. The molecule has 0 radical (unpaired) electrons. The highest BCUT2D eigenvalue weighted by Gasteiger charge is 2.29. The van der Waals surface area contributed by atoms with Crippen molar-refractivity contribution in [3.05, 3.63) is 59.8 Å². The molecule has 4 rings (SSSR count). The van der Waals surface area contributed by atoms with Gasteiger partial charge in [-0.2, -0.15) is 12.7 Å². The SMILES string of the molecule is CCOc1ccc(C(CNS(=O)(=O)N2CCCC(C)C2)c2c[nH]c3ccccc23)cc1OC. The summed E-state index contributed by atoms with van der Waals surface area (Å²) in [5.41, 5.74) is 3.00. The van der Waals surface area contributed by atoms with Gasteiger partial charge in [0.05, 0.1) is 13.7 Å². The van der Waals surface area contributed by atoms with Gasteiger partial charge in [0.2, 0.25) is 0 Å². The Morgan fingerprint density at radius 1 is 1.21 bits per heavy atom. The van der Waals surface area contributed by atoms with Crippen molar-refractivity contribution in [1.29, 1.82) is 0 Å². The van der Waals surface area contributed by atoms with Gasteiger partial charge in [-0.3, -0.25) is 0 Å². The second-order valence-electron chi connectivity index (χ2n) is 8.64. The normalized spacial score (nSPS) is 18.3. The molecule has 0 spiro atoms. The third-order valence-electron chi connectivity index (χ3n) is 6.32. The van der Waals surface area contributed by atoms with Crippen molar-refractivity contribution in [2.45, 2.75) is 32.6 Å². The molecule has 1 fully saturated rings. The van der Waals surface area contributed by atoms with Crippen LogP contribution in [0, 0.1) is 5.92 Å². The molecule has 1 aliphatic heterocycles. The van der Waals surface area contributed by atoms with Gasteiger partial charge in [0.1, 0.15) is 0 Å². The largest absolute Gasteiger partial charge is 0.493 e. The van der Waals surface area contributed by atoms with E-state index in [1.807, 2.05) is 49.5 Å². The smallest absolute Gasteiger partial charge is 0.279 e. The van der Waals surface area contributed by atoms with Crippen LogP contribution in [-0.4, -0.2) is 51.1 Å². The van der Waals surface area contributed by atoms with Crippen LogP contribution in [0.2, 0.25) is 0 Å². The van der Waals surface area contributed by atoms with Crippen LogP contribution in [0.5, 0.6) is 11.5 Å². The second-order valence-corrected chi connectivity index (χ2v) is 10.4. The van der Waals surface area contributed by atoms with Gasteiger partial charge >= 0.3 is 0 Å². The molecular formula is C25H33N3O4S. The Labute approximate surface area is 196 Å². The standard InChI is InChI=1S/C25H33N3O4S/c1-4-32-24-12-11-19(14-25(24)31-3)21(22-15-26-23-10-6-5-9-20(22)23)16-27-33(29,30)28-13-7-8-18(2)17-28/h5-6,9-12,14-15,18,21,26-27H,4,7-8,13,16-17H2,1-3H3. The van der Waals surface area contributed by atoms with E-state index in [9.17, 15) is 8.42 Å². The molecule has 1 aliphatic rings. The second kappa shape index (κ2) is 10.2. The van der Waals surface area contributed by atoms with Gasteiger partial charge in [0, 0.05) is 42.7 Å². The average Bonchev–Trinajstić information content (AvgIpc) is 3.24. The zero-order chi connectivity index (χ0) is 23.4. The Bertz CT molecular complexity index is 1190. The van der Waals surface area contributed by atoms with Crippen LogP contribution in [0.3, 0.4) is 0 Å². The van der Waals surface area contributed by atoms with E-state index >= 15 is 0 Å². The minimum atomic E-state index is -3.58. The fourth-order valence-electron chi connectivity index (χ4n) is 4.61. The summed E-state index contributed by atoms with van der Waals surface area (Å²) >= 11 is 0. The summed E-state index contributed by atoms with van der Waals surface area (Å²) in [7, 11) is -1.97. The number of nitrogens with zero attached hydrogens (tertiary/aromatic N) is 1. The molecule has 0 aliphatic carbocycles. The van der Waals surface area contributed by atoms with Crippen molar-refractivity contribution >= 4 is 21.1 Å². The summed E-state index contributed by atoms with van der Waals surface area (Å²) in [6.07, 6.45) is 3.93. The van der Waals surface area contributed by atoms with Crippen LogP contribution in [0.1, 0.15) is 43.7 Å². The first-order chi connectivity index (χ1) is 15.9. The van der Waals surface area contributed by atoms with E-state index in [2.05, 4.69) is 22.7 Å². The molecule has 0 bridgehead atoms. The van der Waals surface area contributed by atoms with Crippen molar-refractivity contribution in [3.63, 3.8) is 0 Å². The zero-order valence-corrected chi connectivity index (χ0v) is 20.3. The highest BCUT2D eigenvalue weighted by Crippen LogP contribution is 2.36. The number of H-pyrrole nitrogens is 1. The average molecular weight is 472 g/mol. The van der Waals surface area contributed by atoms with Gasteiger partial charge in [0.15, 0.2) is 11.5 Å². The number of hydrogen-bond donors (Lipinski definition) is 2. The van der Waals surface area contributed by atoms with Gasteiger partial charge < -0.3 is 14.5 Å². The van der Waals surface area contributed by atoms with E-state index < -0.39 is 10.2 Å². The first-order valence-electron chi connectivity index (χ1n) is 11.5. The molecule has 2 N–H and O–H groups in total. The van der Waals surface area contributed by atoms with Crippen molar-refractivity contribution in [2.24, 2.45) is 5.92 Å². The molecular weight excluding hydrogens is 438 g/mol. The van der Waals surface area contributed by atoms with E-state index in [0.29, 0.717) is 37.1 Å². The number of piperidine rings is 1. The van der Waals surface area contributed by atoms with Crippen LogP contribution >= 0.6 is 0 Å². The molecule has 0 amide bonds. The summed E-state index contributed by atoms with van der Waals surface area (Å²) in [4.78, 5) is 3.32. The number of ether oxygens (including phenoxy) is 2. The van der Waals surface area contributed by atoms with Crippen LogP contribution in [-0.2, 0) is 10.2 Å². The Balaban J connectivity index is 1.68. The van der Waals surface area contributed by atoms with E-state index in [-0.39, 0.29) is 12.5 Å². The maximum atomic E-state index is 13.1. The molecule has 7 nitrogen and oxygen atoms in total. The minimum absolute atomic E-state index is 0.206. The van der Waals surface area contributed by atoms with Gasteiger partial charge in [-0.15, -0.1) is 0 Å². The van der Waals surface area contributed by atoms with Crippen LogP contribution in [0.25, 0.3) is 10.9 Å². The van der Waals surface area contributed by atoms with Crippen molar-refractivity contribution in [2.75, 3.05) is 33.4 Å². The summed E-state index contributed by atoms with van der Waals surface area (Å²) in [6.45, 7) is 5.93. The summed E-state index contributed by atoms with van der Waals surface area (Å²) in [5, 5.41) is 1.07. The Morgan fingerprint density at radius 3 is 2.79 bits per heavy atom. The van der Waals surface area contributed by atoms with Crippen LogP contribution in [0.15, 0.2) is 48.7 Å². The number of rotatable bonds is 9. The predicted octanol–water partition coefficient (Wildman–Crippen LogP) is 4.27. The number of hydrogen-bond acceptors (Lipinski definition) is 4. The van der Waals surface area contributed by atoms with Gasteiger partial charge in [-0.1, -0.05) is 31.2 Å². The minimum Gasteiger partial charge on any atom is -0.493 e. The molecule has 2 atom stereocenters. The van der Waals surface area contributed by atoms with Crippen molar-refractivity contribution in [1.82, 2.24) is 14.0 Å². The fraction of sp³-hybridized carbons (Fsp3) is 0.440. The third-order valence-corrected chi connectivity index (χ3v) is 7.86. The number of fused-ring (bicyclic) bond motifs is 1. The number of nitrogens with one attached hydrogen (secondary N) is 2. The fourth-order valence-corrected chi connectivity index (χ4v) is 5.99. The number of aromatic nitrogens is 1. The highest BCUT2D eigenvalue weighted by atomic mass is 32.2. The van der Waals surface area contributed by atoms with Crippen molar-refractivity contribution < 1.29 is 17.9 Å². The number of para-hydroxylation sites is 1. The first-order valence-corrected chi connectivity index (χ1v) is 13.0. The Kier molecular flexibility index (Phi) is 7.26. The molecule has 2 heterocycles. The molecule has 2 unspecified atom stereocenters. The Morgan fingerprint density at radius 2 is 2.03 bits per heavy atom. The first kappa shape index (κ1) is 23.6. The summed E-state index contributed by atoms with van der Waals surface area (Å²) < 4.78 is 42.0. The molecule has 178 valence electrons. The van der Waals surface area contributed by atoms with E-state index in [0.717, 1.165) is 34.9 Å². The molecule has 2 aromatic carbocycles. The summed E-state index contributed by atoms with van der Waals surface area (Å²) in [6, 6.07) is 13.9. The third kappa shape index (κ3) is 5.18. The zero-order valence-electron chi connectivity index (χ0n) is 19.5. The lowest BCUT2D eigenvalue weighted by Crippen LogP contribution is -2.46. The van der Waals surface area contributed by atoms with E-state index in [1.54, 1.807) is 11.4 Å². The predicted molar refractivity (Wildman–Crippen MR) is 131 cm³/mol. The lowest BCUT2D eigenvalue weighted by atomic mass is 9.91. The van der Waals surface area contributed by atoms with E-state index in [1.165, 1.54) is 0 Å². The van der Waals surface area contributed by atoms with Gasteiger partial charge in [-0.05, 0) is 55.0 Å². The topological polar surface area (TPSA) is 83.7 Å². The maximum Gasteiger partial charge on any atom is 0.279 e. The van der Waals surface area contributed by atoms with E-state index in [4.69, 9.17) is 9.47 Å². The highest BCUT2D eigenvalue weighted by molar-refractivity contribution is 7.87. The molecule has 3 aromatic rings. The number of methoxy groups -OCH3 is 1. The van der Waals surface area contributed by atoms with Crippen LogP contribution < -0.4 is 14.2 Å². The van der Waals surface area contributed by atoms with Crippen LogP contribution in [0.4, 0.5) is 0 Å². The van der Waals surface area contributed by atoms with Gasteiger partial charge in [0.25, 0.3) is 10.2 Å². The summed E-state index contributed by atoms with van der Waals surface area (Å²) in [5.74, 6) is 1.47. The maximum absolute atomic E-state index is 13.1. The molecule has 1 saturated heterocycles. The lowest BCUT2D eigenvalue weighted by molar-refractivity contribution is 0.278. The lowest BCUT2D eigenvalue weighted by Gasteiger charge is -2.30. The Hall–Kier alpha value is -2.55. The number of aromatic amines is 1. The monoisotopic (exact) mass is 471 g/mol. The number of benzene rings is 2. The quantitative estimate of drug-likeness (QED) is 0.488. The van der Waals surface area contributed by atoms with Crippen molar-refractivity contribution in [3.8, 4) is 11.5 Å². The molecule has 8 heteroatoms.